The number of amides is 2. The number of hydrogen-bond acceptors (Lipinski definition) is 5. The SMILES string of the molecule is COC(=O)c1cc(CNC(=O)c2cccc3c(C)c(C)[nH]c23)cc(NC(=O)Cc2ccsc2)c1. The number of carbonyl (C=O) groups excluding carboxylic acids is 3. The number of methoxy groups -OCH3 is 1. The van der Waals surface area contributed by atoms with Crippen LogP contribution in [0.4, 0.5) is 5.69 Å². The Hall–Kier alpha value is -3.91. The van der Waals surface area contributed by atoms with Gasteiger partial charge in [-0.15, -0.1) is 0 Å². The second-order valence-electron chi connectivity index (χ2n) is 8.05. The molecule has 2 aromatic heterocycles. The maximum Gasteiger partial charge on any atom is 0.337 e. The van der Waals surface area contributed by atoms with Crippen molar-refractivity contribution in [1.82, 2.24) is 10.3 Å². The molecule has 0 aliphatic carbocycles. The lowest BCUT2D eigenvalue weighted by Crippen LogP contribution is -2.23. The summed E-state index contributed by atoms with van der Waals surface area (Å²) in [6.07, 6.45) is 0.233. The van der Waals surface area contributed by atoms with Gasteiger partial charge in [-0.25, -0.2) is 4.79 Å². The third-order valence-corrected chi connectivity index (χ3v) is 6.42. The molecule has 0 radical (unpaired) electrons. The Bertz CT molecular complexity index is 1370. The summed E-state index contributed by atoms with van der Waals surface area (Å²) in [5, 5.41) is 10.6. The van der Waals surface area contributed by atoms with E-state index in [1.165, 1.54) is 18.4 Å². The Kier molecular flexibility index (Phi) is 6.79. The highest BCUT2D eigenvalue weighted by atomic mass is 32.1. The van der Waals surface area contributed by atoms with Gasteiger partial charge < -0.3 is 20.4 Å². The van der Waals surface area contributed by atoms with E-state index in [2.05, 4.69) is 15.6 Å². The largest absolute Gasteiger partial charge is 0.465 e. The molecule has 0 spiro atoms. The van der Waals surface area contributed by atoms with Crippen LogP contribution in [0.25, 0.3) is 10.9 Å². The molecule has 0 saturated heterocycles. The number of para-hydroxylation sites is 1. The molecule has 0 aliphatic rings. The van der Waals surface area contributed by atoms with Crippen molar-refractivity contribution in [2.24, 2.45) is 0 Å². The fourth-order valence-corrected chi connectivity index (χ4v) is 4.50. The number of aromatic amines is 1. The second kappa shape index (κ2) is 9.93. The summed E-state index contributed by atoms with van der Waals surface area (Å²) in [6.45, 7) is 4.16. The molecule has 0 atom stereocenters. The molecule has 8 heteroatoms. The number of anilines is 1. The molecule has 0 unspecified atom stereocenters. The van der Waals surface area contributed by atoms with Crippen LogP contribution in [0.5, 0.6) is 0 Å². The van der Waals surface area contributed by atoms with Gasteiger partial charge in [-0.2, -0.15) is 11.3 Å². The third-order valence-electron chi connectivity index (χ3n) is 5.68. The molecule has 7 nitrogen and oxygen atoms in total. The number of nitrogens with one attached hydrogen (secondary N) is 3. The van der Waals surface area contributed by atoms with Gasteiger partial charge in [-0.3, -0.25) is 9.59 Å². The van der Waals surface area contributed by atoms with Gasteiger partial charge in [0.2, 0.25) is 5.91 Å². The van der Waals surface area contributed by atoms with E-state index in [0.717, 1.165) is 27.7 Å². The zero-order chi connectivity index (χ0) is 24.2. The fourth-order valence-electron chi connectivity index (χ4n) is 3.84. The molecule has 4 rings (SSSR count). The Labute approximate surface area is 201 Å². The molecular formula is C26H25N3O4S. The van der Waals surface area contributed by atoms with E-state index in [9.17, 15) is 14.4 Å². The Balaban J connectivity index is 1.53. The first-order valence-electron chi connectivity index (χ1n) is 10.7. The molecular weight excluding hydrogens is 450 g/mol. The highest BCUT2D eigenvalue weighted by Crippen LogP contribution is 2.24. The predicted molar refractivity (Wildman–Crippen MR) is 133 cm³/mol. The van der Waals surface area contributed by atoms with Crippen LogP contribution in [0.15, 0.2) is 53.2 Å². The molecule has 2 amide bonds. The number of rotatable bonds is 7. The molecule has 0 fully saturated rings. The zero-order valence-electron chi connectivity index (χ0n) is 19.2. The van der Waals surface area contributed by atoms with Crippen molar-refractivity contribution in [3.8, 4) is 0 Å². The first kappa shape index (κ1) is 23.3. The van der Waals surface area contributed by atoms with Crippen LogP contribution in [-0.4, -0.2) is 29.9 Å². The van der Waals surface area contributed by atoms with Gasteiger partial charge >= 0.3 is 5.97 Å². The monoisotopic (exact) mass is 475 g/mol. The second-order valence-corrected chi connectivity index (χ2v) is 8.83. The third kappa shape index (κ3) is 5.02. The van der Waals surface area contributed by atoms with Crippen molar-refractivity contribution in [1.29, 1.82) is 0 Å². The number of thiophene rings is 1. The van der Waals surface area contributed by atoms with Crippen LogP contribution in [0.1, 0.15) is 43.1 Å². The smallest absolute Gasteiger partial charge is 0.337 e. The maximum atomic E-state index is 13.0. The Morgan fingerprint density at radius 3 is 2.62 bits per heavy atom. The van der Waals surface area contributed by atoms with Crippen molar-refractivity contribution in [2.75, 3.05) is 12.4 Å². The lowest BCUT2D eigenvalue weighted by molar-refractivity contribution is -0.115. The summed E-state index contributed by atoms with van der Waals surface area (Å²) in [7, 11) is 1.30. The number of esters is 1. The van der Waals surface area contributed by atoms with Crippen molar-refractivity contribution in [2.45, 2.75) is 26.8 Å². The maximum absolute atomic E-state index is 13.0. The number of fused-ring (bicyclic) bond motifs is 1. The number of ether oxygens (including phenoxy) is 1. The van der Waals surface area contributed by atoms with Gasteiger partial charge in [0.15, 0.2) is 0 Å². The Morgan fingerprint density at radius 2 is 1.88 bits per heavy atom. The highest BCUT2D eigenvalue weighted by molar-refractivity contribution is 7.08. The van der Waals surface area contributed by atoms with E-state index in [1.54, 1.807) is 24.3 Å². The van der Waals surface area contributed by atoms with Crippen LogP contribution in [0, 0.1) is 13.8 Å². The van der Waals surface area contributed by atoms with E-state index >= 15 is 0 Å². The van der Waals surface area contributed by atoms with Crippen molar-refractivity contribution >= 4 is 45.7 Å². The molecule has 2 aromatic carbocycles. The molecule has 2 heterocycles. The standard InChI is InChI=1S/C26H25N3O4S/c1-15-16(2)28-24-21(15)5-4-6-22(24)25(31)27-13-18-9-19(26(32)33-3)12-20(10-18)29-23(30)11-17-7-8-34-14-17/h4-10,12,14,28H,11,13H2,1-3H3,(H,27,31)(H,29,30). The van der Waals surface area contributed by atoms with Crippen molar-refractivity contribution in [3.05, 3.63) is 86.7 Å². The minimum Gasteiger partial charge on any atom is -0.465 e. The molecule has 0 saturated carbocycles. The van der Waals surface area contributed by atoms with Crippen molar-refractivity contribution < 1.29 is 19.1 Å². The summed E-state index contributed by atoms with van der Waals surface area (Å²) >= 11 is 1.53. The van der Waals surface area contributed by atoms with E-state index in [-0.39, 0.29) is 30.3 Å². The summed E-state index contributed by atoms with van der Waals surface area (Å²) in [4.78, 5) is 40.9. The molecule has 34 heavy (non-hydrogen) atoms. The quantitative estimate of drug-likeness (QED) is 0.336. The topological polar surface area (TPSA) is 100 Å². The normalized spacial score (nSPS) is 10.8. The zero-order valence-corrected chi connectivity index (χ0v) is 20.0. The highest BCUT2D eigenvalue weighted by Gasteiger charge is 2.15. The summed E-state index contributed by atoms with van der Waals surface area (Å²) in [5.74, 6) is -0.957. The van der Waals surface area contributed by atoms with E-state index in [4.69, 9.17) is 4.74 Å². The van der Waals surface area contributed by atoms with E-state index in [0.29, 0.717) is 16.8 Å². The average Bonchev–Trinajstić information content (AvgIpc) is 3.44. The molecule has 4 aromatic rings. The van der Waals surface area contributed by atoms with Crippen LogP contribution >= 0.6 is 11.3 Å². The average molecular weight is 476 g/mol. The lowest BCUT2D eigenvalue weighted by Gasteiger charge is -2.12. The van der Waals surface area contributed by atoms with Gasteiger partial charge in [0.05, 0.1) is 30.2 Å². The van der Waals surface area contributed by atoms with Gasteiger partial charge in [0.1, 0.15) is 0 Å². The summed E-state index contributed by atoms with van der Waals surface area (Å²) in [5.41, 5.74) is 5.79. The van der Waals surface area contributed by atoms with Crippen LogP contribution < -0.4 is 10.6 Å². The van der Waals surface area contributed by atoms with Crippen LogP contribution in [-0.2, 0) is 22.5 Å². The Morgan fingerprint density at radius 1 is 1.06 bits per heavy atom. The number of benzene rings is 2. The first-order chi connectivity index (χ1) is 16.4. The number of aromatic nitrogens is 1. The molecule has 3 N–H and O–H groups in total. The summed E-state index contributed by atoms with van der Waals surface area (Å²) < 4.78 is 4.85. The van der Waals surface area contributed by atoms with Gasteiger partial charge in [0.25, 0.3) is 5.91 Å². The minimum atomic E-state index is -0.524. The van der Waals surface area contributed by atoms with Gasteiger partial charge in [0, 0.05) is 23.3 Å². The minimum absolute atomic E-state index is 0.173. The first-order valence-corrected chi connectivity index (χ1v) is 11.7. The van der Waals surface area contributed by atoms with Crippen LogP contribution in [0.3, 0.4) is 0 Å². The molecule has 0 bridgehead atoms. The predicted octanol–water partition coefficient (Wildman–Crippen LogP) is 4.74. The van der Waals surface area contributed by atoms with Crippen molar-refractivity contribution in [3.63, 3.8) is 0 Å². The number of aryl methyl sites for hydroxylation is 2. The van der Waals surface area contributed by atoms with E-state index in [1.807, 2.05) is 42.8 Å². The molecule has 0 aliphatic heterocycles. The van der Waals surface area contributed by atoms with E-state index < -0.39 is 5.97 Å². The number of carbonyl (C=O) groups is 3. The number of H-pyrrole nitrogens is 1. The van der Waals surface area contributed by atoms with Crippen LogP contribution in [0.2, 0.25) is 0 Å². The lowest BCUT2D eigenvalue weighted by atomic mass is 10.1. The summed E-state index contributed by atoms with van der Waals surface area (Å²) in [6, 6.07) is 12.4. The fraction of sp³-hybridized carbons (Fsp3) is 0.192. The molecule has 174 valence electrons. The number of hydrogen-bond donors (Lipinski definition) is 3. The van der Waals surface area contributed by atoms with Gasteiger partial charge in [-0.1, -0.05) is 12.1 Å². The van der Waals surface area contributed by atoms with Gasteiger partial charge in [-0.05, 0) is 71.6 Å².